The number of carbonyl (C=O) groups excluding carboxylic acids is 2. The molecule has 17 heavy (non-hydrogen) atoms. The smallest absolute Gasteiger partial charge is 0.330 e. The number of benzene rings is 1. The van der Waals surface area contributed by atoms with Crippen molar-refractivity contribution in [2.24, 2.45) is 0 Å². The molecule has 2 N–H and O–H groups in total. The number of methoxy groups -OCH3 is 1. The maximum atomic E-state index is 11.0. The second kappa shape index (κ2) is 5.69. The number of rotatable bonds is 3. The first-order valence-corrected chi connectivity index (χ1v) is 4.89. The topological polar surface area (TPSA) is 75.6 Å². The Balaban J connectivity index is 3.01. The number of amides is 1. The third kappa shape index (κ3) is 3.98. The van der Waals surface area contributed by atoms with Crippen LogP contribution in [0.15, 0.2) is 24.3 Å². The molecule has 1 aromatic carbocycles. The van der Waals surface area contributed by atoms with Crippen LogP contribution >= 0.6 is 0 Å². The minimum atomic E-state index is -0.494. The molecule has 1 rings (SSSR count). The van der Waals surface area contributed by atoms with Crippen LogP contribution in [0, 0.1) is 0 Å². The van der Waals surface area contributed by atoms with E-state index in [9.17, 15) is 14.7 Å². The standard InChI is InChI=1S/C12H13NO4/c1-8(14)13-11-7-10(15)5-3-9(11)4-6-12(16)17-2/h3-7,15H,1-2H3,(H,13,14)/b6-4+. The predicted octanol–water partition coefficient (Wildman–Crippen LogP) is 1.54. The van der Waals surface area contributed by atoms with Crippen molar-refractivity contribution in [1.82, 2.24) is 0 Å². The number of nitrogens with one attached hydrogen (secondary N) is 1. The molecule has 90 valence electrons. The molecule has 0 radical (unpaired) electrons. The fraction of sp³-hybridized carbons (Fsp3) is 0.167. The maximum absolute atomic E-state index is 11.0. The van der Waals surface area contributed by atoms with E-state index in [1.54, 1.807) is 6.07 Å². The van der Waals surface area contributed by atoms with Gasteiger partial charge in [0, 0.05) is 19.1 Å². The zero-order valence-electron chi connectivity index (χ0n) is 9.56. The minimum Gasteiger partial charge on any atom is -0.508 e. The van der Waals surface area contributed by atoms with E-state index in [-0.39, 0.29) is 11.7 Å². The summed E-state index contributed by atoms with van der Waals surface area (Å²) in [5.74, 6) is -0.723. The lowest BCUT2D eigenvalue weighted by Crippen LogP contribution is -2.07. The van der Waals surface area contributed by atoms with Crippen molar-refractivity contribution in [1.29, 1.82) is 0 Å². The molecule has 0 aliphatic heterocycles. The molecule has 0 saturated carbocycles. The van der Waals surface area contributed by atoms with Gasteiger partial charge in [0.1, 0.15) is 5.75 Å². The molecule has 0 atom stereocenters. The number of phenolic OH excluding ortho intramolecular Hbond substituents is 1. The number of esters is 1. The third-order valence-corrected chi connectivity index (χ3v) is 1.95. The fourth-order valence-corrected chi connectivity index (χ4v) is 1.21. The molecule has 0 aromatic heterocycles. The van der Waals surface area contributed by atoms with Gasteiger partial charge in [0.15, 0.2) is 0 Å². The minimum absolute atomic E-state index is 0.0315. The van der Waals surface area contributed by atoms with Gasteiger partial charge in [0.25, 0.3) is 0 Å². The molecule has 5 nitrogen and oxygen atoms in total. The monoisotopic (exact) mass is 235 g/mol. The van der Waals surface area contributed by atoms with Gasteiger partial charge in [-0.25, -0.2) is 4.79 Å². The average Bonchev–Trinajstić information content (AvgIpc) is 2.26. The molecule has 1 aromatic rings. The molecule has 0 unspecified atom stereocenters. The molecule has 0 fully saturated rings. The number of hydrogen-bond donors (Lipinski definition) is 2. The largest absolute Gasteiger partial charge is 0.508 e. The molecule has 0 spiro atoms. The first kappa shape index (κ1) is 12.8. The maximum Gasteiger partial charge on any atom is 0.330 e. The van der Waals surface area contributed by atoms with Crippen LogP contribution in [0.1, 0.15) is 12.5 Å². The number of aromatic hydroxyl groups is 1. The summed E-state index contributed by atoms with van der Waals surface area (Å²) < 4.78 is 4.45. The summed E-state index contributed by atoms with van der Waals surface area (Å²) in [5, 5.41) is 11.9. The van der Waals surface area contributed by atoms with E-state index >= 15 is 0 Å². The average molecular weight is 235 g/mol. The van der Waals surface area contributed by atoms with Gasteiger partial charge in [0.2, 0.25) is 5.91 Å². The molecule has 1 amide bonds. The van der Waals surface area contributed by atoms with E-state index in [0.717, 1.165) is 0 Å². The number of anilines is 1. The van der Waals surface area contributed by atoms with Gasteiger partial charge in [0.05, 0.1) is 12.8 Å². The van der Waals surface area contributed by atoms with Crippen LogP contribution in [-0.2, 0) is 14.3 Å². The molecule has 0 aliphatic carbocycles. The fourth-order valence-electron chi connectivity index (χ4n) is 1.21. The number of carbonyl (C=O) groups is 2. The Labute approximate surface area is 98.7 Å². The Morgan fingerprint density at radius 3 is 2.71 bits per heavy atom. The number of ether oxygens (including phenoxy) is 1. The normalized spacial score (nSPS) is 10.2. The summed E-state index contributed by atoms with van der Waals surface area (Å²) in [6, 6.07) is 4.45. The van der Waals surface area contributed by atoms with Gasteiger partial charge in [-0.3, -0.25) is 4.79 Å². The second-order valence-electron chi connectivity index (χ2n) is 3.31. The van der Waals surface area contributed by atoms with Crippen LogP contribution in [0.2, 0.25) is 0 Å². The summed E-state index contributed by atoms with van der Waals surface area (Å²) in [7, 11) is 1.28. The number of phenols is 1. The lowest BCUT2D eigenvalue weighted by atomic mass is 10.1. The van der Waals surface area contributed by atoms with Crippen molar-refractivity contribution < 1.29 is 19.4 Å². The summed E-state index contributed by atoms with van der Waals surface area (Å²) in [5.41, 5.74) is 1.03. The molecular formula is C12H13NO4. The van der Waals surface area contributed by atoms with Crippen molar-refractivity contribution in [3.05, 3.63) is 29.8 Å². The Kier molecular flexibility index (Phi) is 4.28. The van der Waals surface area contributed by atoms with E-state index in [0.29, 0.717) is 11.3 Å². The van der Waals surface area contributed by atoms with Crippen molar-refractivity contribution in [3.63, 3.8) is 0 Å². The van der Waals surface area contributed by atoms with E-state index in [2.05, 4.69) is 10.1 Å². The SMILES string of the molecule is COC(=O)/C=C/c1ccc(O)cc1NC(C)=O. The lowest BCUT2D eigenvalue weighted by molar-refractivity contribution is -0.134. The molecule has 0 heterocycles. The zero-order valence-corrected chi connectivity index (χ0v) is 9.56. The lowest BCUT2D eigenvalue weighted by Gasteiger charge is -2.06. The summed E-state index contributed by atoms with van der Waals surface area (Å²) in [4.78, 5) is 21.9. The van der Waals surface area contributed by atoms with Gasteiger partial charge >= 0.3 is 5.97 Å². The Hall–Kier alpha value is -2.30. The Morgan fingerprint density at radius 1 is 1.41 bits per heavy atom. The second-order valence-corrected chi connectivity index (χ2v) is 3.31. The highest BCUT2D eigenvalue weighted by molar-refractivity contribution is 5.93. The van der Waals surface area contributed by atoms with Crippen molar-refractivity contribution >= 4 is 23.6 Å². The van der Waals surface area contributed by atoms with E-state index in [1.165, 1.54) is 38.3 Å². The van der Waals surface area contributed by atoms with Gasteiger partial charge in [-0.1, -0.05) is 0 Å². The van der Waals surface area contributed by atoms with E-state index in [4.69, 9.17) is 0 Å². The van der Waals surface area contributed by atoms with Gasteiger partial charge in [-0.05, 0) is 23.8 Å². The quantitative estimate of drug-likeness (QED) is 0.615. The molecule has 0 saturated heterocycles. The van der Waals surface area contributed by atoms with E-state index < -0.39 is 5.97 Å². The molecule has 5 heteroatoms. The highest BCUT2D eigenvalue weighted by Gasteiger charge is 2.03. The Morgan fingerprint density at radius 2 is 2.12 bits per heavy atom. The highest BCUT2D eigenvalue weighted by atomic mass is 16.5. The van der Waals surface area contributed by atoms with Crippen LogP contribution in [0.3, 0.4) is 0 Å². The van der Waals surface area contributed by atoms with Crippen LogP contribution in [0.5, 0.6) is 5.75 Å². The zero-order chi connectivity index (χ0) is 12.8. The van der Waals surface area contributed by atoms with Gasteiger partial charge in [-0.15, -0.1) is 0 Å². The van der Waals surface area contributed by atoms with E-state index in [1.807, 2.05) is 0 Å². The predicted molar refractivity (Wildman–Crippen MR) is 63.5 cm³/mol. The molecule has 0 bridgehead atoms. The van der Waals surface area contributed by atoms with Crippen molar-refractivity contribution in [2.45, 2.75) is 6.92 Å². The van der Waals surface area contributed by atoms with Crippen LogP contribution in [-0.4, -0.2) is 24.1 Å². The van der Waals surface area contributed by atoms with Crippen LogP contribution in [0.4, 0.5) is 5.69 Å². The van der Waals surface area contributed by atoms with Crippen molar-refractivity contribution in [2.75, 3.05) is 12.4 Å². The van der Waals surface area contributed by atoms with Crippen LogP contribution in [0.25, 0.3) is 6.08 Å². The molecule has 0 aliphatic rings. The summed E-state index contributed by atoms with van der Waals surface area (Å²) in [6.07, 6.45) is 2.73. The number of hydrogen-bond acceptors (Lipinski definition) is 4. The highest BCUT2D eigenvalue weighted by Crippen LogP contribution is 2.22. The molecular weight excluding hydrogens is 222 g/mol. The van der Waals surface area contributed by atoms with Gasteiger partial charge < -0.3 is 15.2 Å². The van der Waals surface area contributed by atoms with Gasteiger partial charge in [-0.2, -0.15) is 0 Å². The summed E-state index contributed by atoms with van der Waals surface area (Å²) in [6.45, 7) is 1.36. The first-order chi connectivity index (χ1) is 8.02. The Bertz CT molecular complexity index is 466. The third-order valence-electron chi connectivity index (χ3n) is 1.95. The summed E-state index contributed by atoms with van der Waals surface area (Å²) >= 11 is 0. The first-order valence-electron chi connectivity index (χ1n) is 4.89. The van der Waals surface area contributed by atoms with Crippen molar-refractivity contribution in [3.8, 4) is 5.75 Å². The van der Waals surface area contributed by atoms with Crippen LogP contribution < -0.4 is 5.32 Å².